The molecule has 0 spiro atoms. The molecule has 0 bridgehead atoms. The molecule has 2 aromatic rings. The van der Waals surface area contributed by atoms with E-state index in [9.17, 15) is 13.2 Å². The highest BCUT2D eigenvalue weighted by atomic mass is 19.4. The van der Waals surface area contributed by atoms with Crippen LogP contribution in [-0.2, 0) is 6.54 Å². The van der Waals surface area contributed by atoms with E-state index < -0.39 is 6.36 Å². The van der Waals surface area contributed by atoms with Crippen molar-refractivity contribution in [2.24, 2.45) is 5.73 Å². The second-order valence-electron chi connectivity index (χ2n) is 6.19. The van der Waals surface area contributed by atoms with Crippen molar-refractivity contribution < 1.29 is 22.6 Å². The predicted molar refractivity (Wildman–Crippen MR) is 105 cm³/mol. The van der Waals surface area contributed by atoms with Crippen LogP contribution in [-0.4, -0.2) is 25.6 Å². The summed E-state index contributed by atoms with van der Waals surface area (Å²) in [7, 11) is 0. The molecule has 0 unspecified atom stereocenters. The van der Waals surface area contributed by atoms with Gasteiger partial charge >= 0.3 is 6.36 Å². The maximum absolute atomic E-state index is 12.2. The number of halogens is 3. The molecule has 154 valence electrons. The summed E-state index contributed by atoms with van der Waals surface area (Å²) in [6.45, 7) is 6.26. The van der Waals surface area contributed by atoms with Gasteiger partial charge in [-0.1, -0.05) is 26.0 Å². The number of hydrogen-bond donors (Lipinski definition) is 1. The summed E-state index contributed by atoms with van der Waals surface area (Å²) < 4.78 is 46.2. The molecule has 2 N–H and O–H groups in total. The first-order valence-corrected chi connectivity index (χ1v) is 9.49. The van der Waals surface area contributed by atoms with E-state index in [0.29, 0.717) is 12.3 Å². The lowest BCUT2D eigenvalue weighted by molar-refractivity contribution is -0.274. The Morgan fingerprint density at radius 1 is 0.929 bits per heavy atom. The van der Waals surface area contributed by atoms with Crippen molar-refractivity contribution in [2.75, 3.05) is 18.0 Å². The number of anilines is 1. The van der Waals surface area contributed by atoms with Gasteiger partial charge < -0.3 is 20.1 Å². The lowest BCUT2D eigenvalue weighted by Gasteiger charge is -2.33. The van der Waals surface area contributed by atoms with Gasteiger partial charge in [-0.15, -0.1) is 13.2 Å². The van der Waals surface area contributed by atoms with Crippen LogP contribution in [0.4, 0.5) is 18.9 Å². The predicted octanol–water partition coefficient (Wildman–Crippen LogP) is 5.12. The third kappa shape index (κ3) is 6.64. The molecule has 1 aliphatic rings. The topological polar surface area (TPSA) is 47.7 Å². The monoisotopic (exact) mass is 396 g/mol. The van der Waals surface area contributed by atoms with E-state index >= 15 is 0 Å². The molecule has 7 heteroatoms. The average molecular weight is 396 g/mol. The Kier molecular flexibility index (Phi) is 7.99. The van der Waals surface area contributed by atoms with Gasteiger partial charge in [-0.2, -0.15) is 0 Å². The Hall–Kier alpha value is -2.41. The van der Waals surface area contributed by atoms with Crippen molar-refractivity contribution in [1.82, 2.24) is 0 Å². The summed E-state index contributed by atoms with van der Waals surface area (Å²) in [5.41, 5.74) is 7.88. The van der Waals surface area contributed by atoms with E-state index in [4.69, 9.17) is 10.5 Å². The van der Waals surface area contributed by atoms with Crippen LogP contribution in [0, 0.1) is 0 Å². The van der Waals surface area contributed by atoms with Crippen LogP contribution in [0.1, 0.15) is 32.3 Å². The summed E-state index contributed by atoms with van der Waals surface area (Å²) in [6, 6.07) is 13.7. The summed E-state index contributed by atoms with van der Waals surface area (Å²) in [4.78, 5) is 2.29. The van der Waals surface area contributed by atoms with Crippen molar-refractivity contribution in [3.8, 4) is 11.5 Å². The molecule has 1 fully saturated rings. The first-order chi connectivity index (χ1) is 13.4. The third-order valence-electron chi connectivity index (χ3n) is 4.34. The summed E-state index contributed by atoms with van der Waals surface area (Å²) in [5, 5.41) is 0. The largest absolute Gasteiger partial charge is 0.573 e. The third-order valence-corrected chi connectivity index (χ3v) is 4.34. The van der Waals surface area contributed by atoms with Gasteiger partial charge in [0.1, 0.15) is 17.6 Å². The van der Waals surface area contributed by atoms with Gasteiger partial charge in [0, 0.05) is 38.2 Å². The van der Waals surface area contributed by atoms with Crippen molar-refractivity contribution in [3.63, 3.8) is 0 Å². The molecular weight excluding hydrogens is 369 g/mol. The molecule has 0 saturated carbocycles. The molecular formula is C21H27F3N2O2. The molecule has 2 aromatic carbocycles. The van der Waals surface area contributed by atoms with Crippen LogP contribution in [0.15, 0.2) is 48.5 Å². The van der Waals surface area contributed by atoms with E-state index in [-0.39, 0.29) is 11.9 Å². The normalized spacial score (nSPS) is 14.9. The van der Waals surface area contributed by atoms with E-state index in [1.165, 1.54) is 24.3 Å². The molecule has 1 aliphatic heterocycles. The van der Waals surface area contributed by atoms with Gasteiger partial charge in [-0.25, -0.2) is 0 Å². The number of rotatable bonds is 5. The SMILES string of the molecule is CC.NCc1ccc(N2CCC(Oc3ccc(OC(F)(F)F)cc3)CC2)cc1. The number of ether oxygens (including phenoxy) is 2. The van der Waals surface area contributed by atoms with Crippen molar-refractivity contribution in [3.05, 3.63) is 54.1 Å². The van der Waals surface area contributed by atoms with Gasteiger partial charge in [-0.05, 0) is 42.0 Å². The minimum absolute atomic E-state index is 0.0453. The van der Waals surface area contributed by atoms with Crippen LogP contribution in [0.2, 0.25) is 0 Å². The molecule has 0 radical (unpaired) electrons. The van der Waals surface area contributed by atoms with Gasteiger partial charge in [0.15, 0.2) is 0 Å². The van der Waals surface area contributed by atoms with Crippen LogP contribution in [0.5, 0.6) is 11.5 Å². The van der Waals surface area contributed by atoms with E-state index in [0.717, 1.165) is 37.2 Å². The fourth-order valence-corrected chi connectivity index (χ4v) is 2.99. The Bertz CT molecular complexity index is 695. The number of benzene rings is 2. The zero-order valence-corrected chi connectivity index (χ0v) is 16.2. The van der Waals surface area contributed by atoms with E-state index in [1.807, 2.05) is 26.0 Å². The van der Waals surface area contributed by atoms with Gasteiger partial charge in [0.2, 0.25) is 0 Å². The molecule has 0 amide bonds. The molecule has 28 heavy (non-hydrogen) atoms. The lowest BCUT2D eigenvalue weighted by Crippen LogP contribution is -2.38. The number of nitrogens with zero attached hydrogens (tertiary/aromatic N) is 1. The molecule has 3 rings (SSSR count). The van der Waals surface area contributed by atoms with E-state index in [1.54, 1.807) is 0 Å². The molecule has 1 saturated heterocycles. The van der Waals surface area contributed by atoms with Gasteiger partial charge in [-0.3, -0.25) is 0 Å². The summed E-state index contributed by atoms with van der Waals surface area (Å²) in [5.74, 6) is 0.297. The quantitative estimate of drug-likeness (QED) is 0.762. The molecule has 1 heterocycles. The Balaban J connectivity index is 0.00000136. The van der Waals surface area contributed by atoms with Gasteiger partial charge in [0.25, 0.3) is 0 Å². The zero-order valence-electron chi connectivity index (χ0n) is 16.2. The van der Waals surface area contributed by atoms with Crippen LogP contribution in [0.25, 0.3) is 0 Å². The second-order valence-corrected chi connectivity index (χ2v) is 6.19. The highest BCUT2D eigenvalue weighted by Crippen LogP contribution is 2.27. The van der Waals surface area contributed by atoms with Crippen molar-refractivity contribution >= 4 is 5.69 Å². The second kappa shape index (κ2) is 10.2. The Labute approximate surface area is 164 Å². The molecule has 4 nitrogen and oxygen atoms in total. The van der Waals surface area contributed by atoms with Crippen LogP contribution in [0.3, 0.4) is 0 Å². The number of hydrogen-bond acceptors (Lipinski definition) is 4. The number of nitrogens with two attached hydrogens (primary N) is 1. The fraction of sp³-hybridized carbons (Fsp3) is 0.429. The molecule has 0 atom stereocenters. The summed E-state index contributed by atoms with van der Waals surface area (Å²) >= 11 is 0. The standard InChI is InChI=1S/C19H21F3N2O2.C2H6/c20-19(21,22)26-18-7-5-16(6-8-18)25-17-9-11-24(12-10-17)15-3-1-14(13-23)2-4-15;1-2/h1-8,17H,9-13,23H2;1-2H3. The highest BCUT2D eigenvalue weighted by Gasteiger charge is 2.31. The average Bonchev–Trinajstić information content (AvgIpc) is 2.71. The zero-order chi connectivity index (χ0) is 20.6. The first-order valence-electron chi connectivity index (χ1n) is 9.49. The molecule has 0 aromatic heterocycles. The smallest absolute Gasteiger partial charge is 0.490 e. The molecule has 0 aliphatic carbocycles. The van der Waals surface area contributed by atoms with Gasteiger partial charge in [0.05, 0.1) is 0 Å². The summed E-state index contributed by atoms with van der Waals surface area (Å²) in [6.07, 6.45) is -2.94. The van der Waals surface area contributed by atoms with Crippen molar-refractivity contribution in [2.45, 2.75) is 45.7 Å². The van der Waals surface area contributed by atoms with Crippen LogP contribution >= 0.6 is 0 Å². The van der Waals surface area contributed by atoms with Crippen molar-refractivity contribution in [1.29, 1.82) is 0 Å². The maximum Gasteiger partial charge on any atom is 0.573 e. The first kappa shape index (κ1) is 21.9. The highest BCUT2D eigenvalue weighted by molar-refractivity contribution is 5.48. The fourth-order valence-electron chi connectivity index (χ4n) is 2.99. The number of piperidine rings is 1. The minimum Gasteiger partial charge on any atom is -0.490 e. The van der Waals surface area contributed by atoms with Crippen LogP contribution < -0.4 is 20.1 Å². The lowest BCUT2D eigenvalue weighted by atomic mass is 10.1. The Morgan fingerprint density at radius 2 is 1.46 bits per heavy atom. The minimum atomic E-state index is -4.68. The number of alkyl halides is 3. The maximum atomic E-state index is 12.2. The van der Waals surface area contributed by atoms with E-state index in [2.05, 4.69) is 21.8 Å². The Morgan fingerprint density at radius 3 is 1.96 bits per heavy atom.